The minimum absolute atomic E-state index is 0.234. The Kier molecular flexibility index (Phi) is 17.4. The van der Waals surface area contributed by atoms with Gasteiger partial charge in [-0.2, -0.15) is 8.75 Å². The Bertz CT molecular complexity index is 2520. The topological polar surface area (TPSA) is 25.8 Å². The molecule has 336 valence electrons. The minimum atomic E-state index is 0.234. The molecule has 0 amide bonds. The van der Waals surface area contributed by atoms with Crippen LogP contribution in [0.25, 0.3) is 52.8 Å². The molecule has 9 rings (SSSR count). The highest BCUT2D eigenvalue weighted by atomic mass is 32.1. The van der Waals surface area contributed by atoms with Gasteiger partial charge >= 0.3 is 0 Å². The fourth-order valence-corrected chi connectivity index (χ4v) is 13.5. The lowest BCUT2D eigenvalue weighted by Gasteiger charge is -2.33. The molecule has 3 aromatic carbocycles. The number of aryl methyl sites for hydroxylation is 6. The van der Waals surface area contributed by atoms with Gasteiger partial charge in [0.15, 0.2) is 0 Å². The number of fused-ring (bicyclic) bond motifs is 4. The van der Waals surface area contributed by atoms with E-state index in [-0.39, 0.29) is 5.41 Å². The maximum absolute atomic E-state index is 4.54. The number of aromatic nitrogens is 2. The molecule has 0 saturated carbocycles. The summed E-state index contributed by atoms with van der Waals surface area (Å²) in [6.45, 7) is 17.7. The van der Waals surface area contributed by atoms with E-state index in [1.807, 2.05) is 22.7 Å². The van der Waals surface area contributed by atoms with Gasteiger partial charge in [-0.15, -0.1) is 45.3 Å². The summed E-state index contributed by atoms with van der Waals surface area (Å²) in [6.07, 6.45) is 19.2. The first kappa shape index (κ1) is 48.2. The number of unbranched alkanes of at least 4 members (excludes halogenated alkanes) is 10. The molecule has 0 fully saturated rings. The number of hydrogen-bond donors (Lipinski definition) is 0. The highest BCUT2D eigenvalue weighted by Gasteiger charge is 2.42. The third-order valence-corrected chi connectivity index (χ3v) is 17.5. The number of hydrogen-bond acceptors (Lipinski definition) is 7. The molecule has 1 aliphatic rings. The molecule has 5 heterocycles. The van der Waals surface area contributed by atoms with Gasteiger partial charge in [0, 0.05) is 55.6 Å². The Morgan fingerprint density at radius 1 is 0.375 bits per heavy atom. The van der Waals surface area contributed by atoms with E-state index in [2.05, 4.69) is 161 Å². The predicted octanol–water partition coefficient (Wildman–Crippen LogP) is 19.9. The molecular weight excluding hydrogens is 873 g/mol. The normalized spacial score (nSPS) is 12.4. The van der Waals surface area contributed by atoms with E-state index in [0.29, 0.717) is 0 Å². The monoisotopic (exact) mass is 940 g/mol. The Morgan fingerprint density at radius 3 is 1.08 bits per heavy atom. The fourth-order valence-electron chi connectivity index (χ4n) is 9.36. The second kappa shape index (κ2) is 23.1. The van der Waals surface area contributed by atoms with Crippen LogP contribution in [0.3, 0.4) is 0 Å². The van der Waals surface area contributed by atoms with Crippen LogP contribution >= 0.6 is 57.1 Å². The molecule has 1 aliphatic carbocycles. The summed E-state index contributed by atoms with van der Waals surface area (Å²) in [4.78, 5) is 10.7. The van der Waals surface area contributed by atoms with Gasteiger partial charge in [0.05, 0.1) is 11.7 Å². The predicted molar refractivity (Wildman–Crippen MR) is 289 cm³/mol. The van der Waals surface area contributed by atoms with Crippen LogP contribution in [-0.4, -0.2) is 8.75 Å². The molecule has 0 aliphatic heterocycles. The van der Waals surface area contributed by atoms with Crippen molar-refractivity contribution in [1.82, 2.24) is 8.75 Å². The van der Waals surface area contributed by atoms with Gasteiger partial charge in [0.1, 0.15) is 11.0 Å². The third kappa shape index (κ3) is 11.8. The van der Waals surface area contributed by atoms with Crippen LogP contribution in [0.15, 0.2) is 97.1 Å². The molecule has 0 saturated heterocycles. The van der Waals surface area contributed by atoms with Crippen LogP contribution in [0, 0.1) is 41.5 Å². The number of rotatable bonds is 17. The van der Waals surface area contributed by atoms with Crippen molar-refractivity contribution in [3.05, 3.63) is 139 Å². The lowest BCUT2D eigenvalue weighted by molar-refractivity contribution is 0.397. The van der Waals surface area contributed by atoms with Crippen molar-refractivity contribution >= 4 is 68.1 Å². The standard InChI is InChI=1S/C31H46.C16H12N2S3.C10H10S2/c1-5-7-9-11-13-15-21-31(22-16-14-12-10-8-6-2)29-23-25(3)17-19-27(29)28-20-18-26(4)24-30(28)31;1-9-3-7-13(19-9)11-5-6-12(14-8-4-10(2)20-14)16-15(11)17-21-18-16;1-7-3-5-9(11-7)10-6-4-8(2)12-10/h17-20,23-24H,5-16,21-22H2,1-4H3;3-8H,1-2H3;3-6H,1-2H3. The Balaban J connectivity index is 0.000000158. The molecule has 0 bridgehead atoms. The van der Waals surface area contributed by atoms with Crippen LogP contribution in [-0.2, 0) is 5.41 Å². The molecule has 0 N–H and O–H groups in total. The highest BCUT2D eigenvalue weighted by molar-refractivity contribution is 7.22. The van der Waals surface area contributed by atoms with Gasteiger partial charge in [0.25, 0.3) is 0 Å². The van der Waals surface area contributed by atoms with Gasteiger partial charge in [-0.1, -0.05) is 151 Å². The van der Waals surface area contributed by atoms with Crippen LogP contribution < -0.4 is 0 Å². The second-order valence-electron chi connectivity index (χ2n) is 18.0. The van der Waals surface area contributed by atoms with E-state index in [9.17, 15) is 0 Å². The summed E-state index contributed by atoms with van der Waals surface area (Å²) in [5.41, 5.74) is 13.8. The maximum Gasteiger partial charge on any atom is 0.114 e. The summed E-state index contributed by atoms with van der Waals surface area (Å²) in [7, 11) is 0. The smallest absolute Gasteiger partial charge is 0.114 e. The van der Waals surface area contributed by atoms with Gasteiger partial charge < -0.3 is 0 Å². The molecule has 0 unspecified atom stereocenters. The van der Waals surface area contributed by atoms with E-state index >= 15 is 0 Å². The molecule has 2 nitrogen and oxygen atoms in total. The molecule has 7 heteroatoms. The first-order chi connectivity index (χ1) is 31.1. The van der Waals surface area contributed by atoms with Gasteiger partial charge in [-0.05, 0) is 125 Å². The van der Waals surface area contributed by atoms with Crippen molar-refractivity contribution in [1.29, 1.82) is 0 Å². The van der Waals surface area contributed by atoms with Crippen LogP contribution in [0.4, 0.5) is 0 Å². The quantitative estimate of drug-likeness (QED) is 0.0850. The zero-order valence-electron chi connectivity index (χ0n) is 39.6. The molecule has 0 spiro atoms. The number of benzene rings is 3. The summed E-state index contributed by atoms with van der Waals surface area (Å²) in [5, 5.41) is 0. The second-order valence-corrected chi connectivity index (χ2v) is 23.7. The zero-order chi connectivity index (χ0) is 45.1. The zero-order valence-corrected chi connectivity index (χ0v) is 43.7. The molecule has 0 atom stereocenters. The lowest BCUT2D eigenvalue weighted by Crippen LogP contribution is -2.25. The van der Waals surface area contributed by atoms with Crippen molar-refractivity contribution in [3.8, 4) is 41.8 Å². The van der Waals surface area contributed by atoms with Gasteiger partial charge in [-0.3, -0.25) is 0 Å². The van der Waals surface area contributed by atoms with Crippen LogP contribution in [0.2, 0.25) is 0 Å². The first-order valence-electron chi connectivity index (χ1n) is 23.8. The molecule has 64 heavy (non-hydrogen) atoms. The maximum atomic E-state index is 4.54. The van der Waals surface area contributed by atoms with E-state index in [0.717, 1.165) is 11.0 Å². The summed E-state index contributed by atoms with van der Waals surface area (Å²) >= 11 is 8.63. The van der Waals surface area contributed by atoms with Gasteiger partial charge in [0.2, 0.25) is 0 Å². The first-order valence-corrected chi connectivity index (χ1v) is 27.8. The van der Waals surface area contributed by atoms with Crippen molar-refractivity contribution in [2.45, 2.75) is 151 Å². The lowest BCUT2D eigenvalue weighted by atomic mass is 9.70. The van der Waals surface area contributed by atoms with E-state index < -0.39 is 0 Å². The van der Waals surface area contributed by atoms with Crippen molar-refractivity contribution in [2.75, 3.05) is 0 Å². The summed E-state index contributed by atoms with van der Waals surface area (Å²) < 4.78 is 9.08. The van der Waals surface area contributed by atoms with E-state index in [1.165, 1.54) is 174 Å². The number of thiophene rings is 4. The Morgan fingerprint density at radius 2 is 0.719 bits per heavy atom. The molecular formula is C57H68N2S5. The average molecular weight is 942 g/mol. The molecule has 0 radical (unpaired) electrons. The average Bonchev–Trinajstić information content (AvgIpc) is 4.17. The fraction of sp³-hybridized carbons (Fsp3) is 0.404. The van der Waals surface area contributed by atoms with Crippen molar-refractivity contribution < 1.29 is 0 Å². The molecule has 5 aromatic heterocycles. The van der Waals surface area contributed by atoms with Crippen LogP contribution in [0.5, 0.6) is 0 Å². The largest absolute Gasteiger partial charge is 0.172 e. The molecule has 8 aromatic rings. The van der Waals surface area contributed by atoms with Gasteiger partial charge in [-0.25, -0.2) is 0 Å². The van der Waals surface area contributed by atoms with E-state index in [4.69, 9.17) is 0 Å². The summed E-state index contributed by atoms with van der Waals surface area (Å²) in [6, 6.07) is 36.3. The Labute approximate surface area is 405 Å². The SMILES string of the molecule is CCCCCCCCC1(CCCCCCCC)c2cc(C)ccc2-c2ccc(C)cc21.Cc1ccc(-c2ccc(-c3ccc(C)s3)c3nsnc23)s1.Cc1ccc(-c2ccc(C)s2)s1. The third-order valence-electron chi connectivity index (χ3n) is 12.7. The highest BCUT2D eigenvalue weighted by Crippen LogP contribution is 2.54. The Hall–Kier alpha value is -3.72. The minimum Gasteiger partial charge on any atom is -0.172 e. The number of nitrogens with zero attached hydrogens (tertiary/aromatic N) is 2. The van der Waals surface area contributed by atoms with Crippen LogP contribution in [0.1, 0.15) is 146 Å². The van der Waals surface area contributed by atoms with E-state index in [1.54, 1.807) is 33.8 Å². The van der Waals surface area contributed by atoms with Crippen molar-refractivity contribution in [2.24, 2.45) is 0 Å². The summed E-state index contributed by atoms with van der Waals surface area (Å²) in [5.74, 6) is 0. The van der Waals surface area contributed by atoms with Crippen molar-refractivity contribution in [3.63, 3.8) is 0 Å².